The summed E-state index contributed by atoms with van der Waals surface area (Å²) in [5, 5.41) is 2.31. The second kappa shape index (κ2) is 12.2. The van der Waals surface area contributed by atoms with Gasteiger partial charge in [-0.15, -0.1) is 0 Å². The number of aromatic nitrogens is 2. The average molecular weight is 591 g/mol. The molecule has 1 amide bonds. The maximum Gasteiger partial charge on any atom is 0.387 e. The van der Waals surface area contributed by atoms with Crippen LogP contribution in [0.25, 0.3) is 16.9 Å². The summed E-state index contributed by atoms with van der Waals surface area (Å²) in [6.45, 7) is -1.57. The number of methoxy groups -OCH3 is 1. The topological polar surface area (TPSA) is 101 Å². The number of amides is 1. The van der Waals surface area contributed by atoms with Gasteiger partial charge in [0.25, 0.3) is 11.5 Å². The lowest BCUT2D eigenvalue weighted by atomic mass is 10.1. The van der Waals surface area contributed by atoms with E-state index in [4.69, 9.17) is 9.47 Å². The van der Waals surface area contributed by atoms with E-state index >= 15 is 8.78 Å². The van der Waals surface area contributed by atoms with E-state index in [9.17, 15) is 27.6 Å². The van der Waals surface area contributed by atoms with Crippen molar-refractivity contribution in [3.8, 4) is 28.4 Å². The largest absolute Gasteiger partial charge is 0.497 e. The summed E-state index contributed by atoms with van der Waals surface area (Å²) < 4.78 is 85.8. The number of hydrogen-bond donors (Lipinski definition) is 1. The smallest absolute Gasteiger partial charge is 0.387 e. The molecule has 42 heavy (non-hydrogen) atoms. The molecule has 9 nitrogen and oxygen atoms in total. The molecule has 14 heteroatoms. The first-order valence-electron chi connectivity index (χ1n) is 12.1. The van der Waals surface area contributed by atoms with Crippen molar-refractivity contribution in [2.75, 3.05) is 19.0 Å². The number of nitrogens with zero attached hydrogens (tertiary/aromatic N) is 2. The molecular formula is C28H22F5N3O6. The number of anilines is 1. The Morgan fingerprint density at radius 2 is 1.57 bits per heavy atom. The standard InChI is InChI=1S/C28H22F5N3O6/c1-4-41-27(39)15-9-16(29)11-17(10-15)36-26(38)23(34-25(37)14-5-7-18(8-6-14)42-28(32)33)24(35(36)2)22-20(30)12-19(40-3)13-21(22)31/h5-13,28H,4H2,1-3H3,(H,34,37). The molecule has 4 aromatic rings. The number of alkyl halides is 2. The highest BCUT2D eigenvalue weighted by Gasteiger charge is 2.28. The van der Waals surface area contributed by atoms with Crippen LogP contribution >= 0.6 is 0 Å². The van der Waals surface area contributed by atoms with E-state index < -0.39 is 58.4 Å². The van der Waals surface area contributed by atoms with E-state index in [1.54, 1.807) is 6.92 Å². The molecule has 3 aromatic carbocycles. The first-order valence-corrected chi connectivity index (χ1v) is 12.1. The Balaban J connectivity index is 1.91. The molecule has 4 rings (SSSR count). The van der Waals surface area contributed by atoms with Gasteiger partial charge >= 0.3 is 12.6 Å². The summed E-state index contributed by atoms with van der Waals surface area (Å²) in [5.41, 5.74) is -3.44. The Kier molecular flexibility index (Phi) is 8.64. The summed E-state index contributed by atoms with van der Waals surface area (Å²) in [5.74, 6) is -5.49. The zero-order chi connectivity index (χ0) is 30.7. The number of halogens is 5. The lowest BCUT2D eigenvalue weighted by molar-refractivity contribution is -0.0498. The Morgan fingerprint density at radius 3 is 2.14 bits per heavy atom. The molecule has 0 bridgehead atoms. The molecule has 0 saturated carbocycles. The van der Waals surface area contributed by atoms with Crippen LogP contribution in [-0.4, -0.2) is 41.6 Å². The van der Waals surface area contributed by atoms with Gasteiger partial charge in [-0.2, -0.15) is 8.78 Å². The third-order valence-corrected chi connectivity index (χ3v) is 5.97. The molecule has 220 valence electrons. The van der Waals surface area contributed by atoms with Crippen molar-refractivity contribution < 1.29 is 45.8 Å². The van der Waals surface area contributed by atoms with E-state index in [0.717, 1.165) is 64.0 Å². The van der Waals surface area contributed by atoms with Gasteiger partial charge in [-0.1, -0.05) is 0 Å². The van der Waals surface area contributed by atoms with Crippen LogP contribution in [0.15, 0.2) is 59.4 Å². The van der Waals surface area contributed by atoms with Gasteiger partial charge in [-0.25, -0.2) is 22.6 Å². The fraction of sp³-hybridized carbons (Fsp3) is 0.179. The predicted molar refractivity (Wildman–Crippen MR) is 140 cm³/mol. The van der Waals surface area contributed by atoms with Crippen molar-refractivity contribution in [1.29, 1.82) is 0 Å². The van der Waals surface area contributed by atoms with Crippen LogP contribution in [0, 0.1) is 17.5 Å². The molecule has 0 aliphatic carbocycles. The van der Waals surface area contributed by atoms with Crippen LogP contribution in [0.1, 0.15) is 27.6 Å². The van der Waals surface area contributed by atoms with Crippen LogP contribution in [0.5, 0.6) is 11.5 Å². The predicted octanol–water partition coefficient (Wildman–Crippen LogP) is 5.30. The lowest BCUT2D eigenvalue weighted by Gasteiger charge is -2.14. The van der Waals surface area contributed by atoms with Crippen LogP contribution in [0.3, 0.4) is 0 Å². The third kappa shape index (κ3) is 5.96. The summed E-state index contributed by atoms with van der Waals surface area (Å²) in [7, 11) is 2.41. The molecule has 0 atom stereocenters. The zero-order valence-electron chi connectivity index (χ0n) is 22.2. The highest BCUT2D eigenvalue weighted by molar-refractivity contribution is 6.06. The molecule has 1 N–H and O–H groups in total. The zero-order valence-corrected chi connectivity index (χ0v) is 22.2. The quantitative estimate of drug-likeness (QED) is 0.210. The molecule has 0 radical (unpaired) electrons. The van der Waals surface area contributed by atoms with E-state index in [1.165, 1.54) is 14.2 Å². The Morgan fingerprint density at radius 1 is 0.929 bits per heavy atom. The maximum atomic E-state index is 15.3. The molecule has 0 fully saturated rings. The van der Waals surface area contributed by atoms with Gasteiger partial charge < -0.3 is 19.5 Å². The Bertz CT molecular complexity index is 1690. The summed E-state index contributed by atoms with van der Waals surface area (Å²) in [4.78, 5) is 39.1. The van der Waals surface area contributed by atoms with Gasteiger partial charge in [-0.3, -0.25) is 14.3 Å². The Labute approximate surface area is 234 Å². The van der Waals surface area contributed by atoms with Gasteiger partial charge in [0.2, 0.25) is 0 Å². The van der Waals surface area contributed by atoms with Gasteiger partial charge in [0.1, 0.15) is 40.3 Å². The van der Waals surface area contributed by atoms with Crippen molar-refractivity contribution in [3.05, 3.63) is 93.5 Å². The van der Waals surface area contributed by atoms with Crippen LogP contribution in [0.2, 0.25) is 0 Å². The fourth-order valence-electron chi connectivity index (χ4n) is 4.19. The minimum Gasteiger partial charge on any atom is -0.497 e. The monoisotopic (exact) mass is 591 g/mol. The SMILES string of the molecule is CCOC(=O)c1cc(F)cc(-n2c(=O)c(NC(=O)c3ccc(OC(F)F)cc3)c(-c3c(F)cc(OC)cc3F)n2C)c1. The second-order valence-corrected chi connectivity index (χ2v) is 8.61. The van der Waals surface area contributed by atoms with Crippen LogP contribution in [0.4, 0.5) is 27.6 Å². The molecule has 0 spiro atoms. The van der Waals surface area contributed by atoms with Gasteiger partial charge in [0, 0.05) is 24.7 Å². The fourth-order valence-corrected chi connectivity index (χ4v) is 4.19. The van der Waals surface area contributed by atoms with E-state index in [0.29, 0.717) is 0 Å². The number of nitrogens with one attached hydrogen (secondary N) is 1. The van der Waals surface area contributed by atoms with Crippen molar-refractivity contribution in [2.45, 2.75) is 13.5 Å². The number of esters is 1. The number of carbonyl (C=O) groups is 2. The van der Waals surface area contributed by atoms with Gasteiger partial charge in [-0.05, 0) is 49.4 Å². The first-order chi connectivity index (χ1) is 19.9. The van der Waals surface area contributed by atoms with Crippen molar-refractivity contribution in [2.24, 2.45) is 7.05 Å². The Hall–Kier alpha value is -5.14. The van der Waals surface area contributed by atoms with Crippen molar-refractivity contribution in [3.63, 3.8) is 0 Å². The third-order valence-electron chi connectivity index (χ3n) is 5.97. The minimum absolute atomic E-state index is 0.0135. The molecule has 0 saturated heterocycles. The van der Waals surface area contributed by atoms with Crippen molar-refractivity contribution in [1.82, 2.24) is 9.36 Å². The van der Waals surface area contributed by atoms with Gasteiger partial charge in [0.05, 0.1) is 30.5 Å². The van der Waals surface area contributed by atoms with E-state index in [2.05, 4.69) is 10.1 Å². The molecule has 1 heterocycles. The molecular weight excluding hydrogens is 569 g/mol. The number of rotatable bonds is 9. The van der Waals surface area contributed by atoms with Crippen LogP contribution in [-0.2, 0) is 11.8 Å². The van der Waals surface area contributed by atoms with E-state index in [1.807, 2.05) is 0 Å². The number of ether oxygens (including phenoxy) is 3. The highest BCUT2D eigenvalue weighted by Crippen LogP contribution is 2.34. The molecule has 1 aromatic heterocycles. The van der Waals surface area contributed by atoms with Crippen LogP contribution < -0.4 is 20.3 Å². The number of hydrogen-bond acceptors (Lipinski definition) is 6. The molecule has 0 aliphatic rings. The lowest BCUT2D eigenvalue weighted by Crippen LogP contribution is -2.23. The first kappa shape index (κ1) is 29.8. The number of carbonyl (C=O) groups excluding carboxylic acids is 2. The second-order valence-electron chi connectivity index (χ2n) is 8.61. The molecule has 0 unspecified atom stereocenters. The maximum absolute atomic E-state index is 15.3. The average Bonchev–Trinajstić information content (AvgIpc) is 3.16. The summed E-state index contributed by atoms with van der Waals surface area (Å²) in [6, 6.07) is 9.02. The molecule has 0 aliphatic heterocycles. The summed E-state index contributed by atoms with van der Waals surface area (Å²) >= 11 is 0. The summed E-state index contributed by atoms with van der Waals surface area (Å²) in [6.07, 6.45) is 0. The van der Waals surface area contributed by atoms with Gasteiger partial charge in [0.15, 0.2) is 0 Å². The number of benzene rings is 3. The minimum atomic E-state index is -3.10. The highest BCUT2D eigenvalue weighted by atomic mass is 19.3. The van der Waals surface area contributed by atoms with E-state index in [-0.39, 0.29) is 34.9 Å². The normalized spacial score (nSPS) is 11.0. The van der Waals surface area contributed by atoms with Crippen molar-refractivity contribution >= 4 is 17.6 Å².